The van der Waals surface area contributed by atoms with Crippen LogP contribution in [0.25, 0.3) is 10.9 Å². The summed E-state index contributed by atoms with van der Waals surface area (Å²) in [6.45, 7) is 2.72. The molecule has 0 saturated heterocycles. The normalized spacial score (nSPS) is 10.6. The molecule has 0 aliphatic rings. The van der Waals surface area contributed by atoms with Crippen LogP contribution in [0.2, 0.25) is 0 Å². The molecule has 16 heavy (non-hydrogen) atoms. The minimum absolute atomic E-state index is 0.149. The standard InChI is InChI=1S/C12H16N4/c1-8-3-2-4-10-9(7-16-11(8)10)5-6-15-12(13)14/h2-4,7,16H,5-6H2,1H3,(H4,13,14,15). The molecule has 1 aromatic heterocycles. The molecule has 4 nitrogen and oxygen atoms in total. The SMILES string of the molecule is Cc1cccc2c(CCN=C(N)N)c[nH]c12. The Hall–Kier alpha value is -1.97. The summed E-state index contributed by atoms with van der Waals surface area (Å²) in [6.07, 6.45) is 2.88. The van der Waals surface area contributed by atoms with Crippen molar-refractivity contribution >= 4 is 16.9 Å². The van der Waals surface area contributed by atoms with Gasteiger partial charge in [0.2, 0.25) is 0 Å². The molecular formula is C12H16N4. The molecule has 0 saturated carbocycles. The van der Waals surface area contributed by atoms with Crippen molar-refractivity contribution in [2.75, 3.05) is 6.54 Å². The highest BCUT2D eigenvalue weighted by Gasteiger charge is 2.04. The first-order valence-corrected chi connectivity index (χ1v) is 5.29. The highest BCUT2D eigenvalue weighted by molar-refractivity contribution is 5.85. The molecule has 0 aliphatic heterocycles. The zero-order valence-corrected chi connectivity index (χ0v) is 9.33. The Bertz CT molecular complexity index is 521. The van der Waals surface area contributed by atoms with E-state index in [0.29, 0.717) is 6.54 Å². The van der Waals surface area contributed by atoms with Gasteiger partial charge in [-0.05, 0) is 24.5 Å². The fourth-order valence-corrected chi connectivity index (χ4v) is 1.88. The molecule has 1 heterocycles. The summed E-state index contributed by atoms with van der Waals surface area (Å²) in [5, 5.41) is 1.26. The second-order valence-electron chi connectivity index (χ2n) is 3.87. The number of hydrogen-bond donors (Lipinski definition) is 3. The monoisotopic (exact) mass is 216 g/mol. The Kier molecular flexibility index (Phi) is 2.81. The predicted octanol–water partition coefficient (Wildman–Crippen LogP) is 1.29. The molecule has 1 aromatic carbocycles. The summed E-state index contributed by atoms with van der Waals surface area (Å²) in [6, 6.07) is 6.28. The molecule has 0 radical (unpaired) electrons. The maximum absolute atomic E-state index is 5.29. The van der Waals surface area contributed by atoms with Crippen molar-refractivity contribution in [1.82, 2.24) is 4.98 Å². The molecule has 4 heteroatoms. The lowest BCUT2D eigenvalue weighted by atomic mass is 10.1. The van der Waals surface area contributed by atoms with Crippen LogP contribution < -0.4 is 11.5 Å². The Labute approximate surface area is 94.4 Å². The first-order chi connectivity index (χ1) is 7.68. The molecule has 2 rings (SSSR count). The van der Waals surface area contributed by atoms with E-state index < -0.39 is 0 Å². The molecule has 0 spiro atoms. The first-order valence-electron chi connectivity index (χ1n) is 5.29. The average molecular weight is 216 g/mol. The lowest BCUT2D eigenvalue weighted by Crippen LogP contribution is -2.23. The van der Waals surface area contributed by atoms with Crippen LogP contribution >= 0.6 is 0 Å². The number of aliphatic imine (C=N–C) groups is 1. The number of rotatable bonds is 3. The number of nitrogens with zero attached hydrogens (tertiary/aromatic N) is 1. The summed E-state index contributed by atoms with van der Waals surface area (Å²) in [5.74, 6) is 0.149. The fourth-order valence-electron chi connectivity index (χ4n) is 1.88. The van der Waals surface area contributed by atoms with Crippen molar-refractivity contribution < 1.29 is 0 Å². The topological polar surface area (TPSA) is 80.2 Å². The van der Waals surface area contributed by atoms with Crippen LogP contribution in [0.5, 0.6) is 0 Å². The molecule has 2 aromatic rings. The Morgan fingerprint density at radius 3 is 2.94 bits per heavy atom. The zero-order valence-electron chi connectivity index (χ0n) is 9.33. The van der Waals surface area contributed by atoms with Crippen molar-refractivity contribution in [2.45, 2.75) is 13.3 Å². The third-order valence-electron chi connectivity index (χ3n) is 2.69. The van der Waals surface area contributed by atoms with Crippen molar-refractivity contribution in [3.05, 3.63) is 35.5 Å². The van der Waals surface area contributed by atoms with Crippen molar-refractivity contribution in [3.63, 3.8) is 0 Å². The maximum atomic E-state index is 5.29. The van der Waals surface area contributed by atoms with E-state index in [1.807, 2.05) is 6.20 Å². The van der Waals surface area contributed by atoms with Gasteiger partial charge >= 0.3 is 0 Å². The highest BCUT2D eigenvalue weighted by atomic mass is 15.0. The Morgan fingerprint density at radius 1 is 1.38 bits per heavy atom. The van der Waals surface area contributed by atoms with Gasteiger partial charge < -0.3 is 16.5 Å². The molecular weight excluding hydrogens is 200 g/mol. The van der Waals surface area contributed by atoms with Gasteiger partial charge in [0.25, 0.3) is 0 Å². The number of aromatic nitrogens is 1. The van der Waals surface area contributed by atoms with Crippen LogP contribution in [0.3, 0.4) is 0 Å². The number of guanidine groups is 1. The van der Waals surface area contributed by atoms with Crippen LogP contribution in [-0.4, -0.2) is 17.5 Å². The zero-order chi connectivity index (χ0) is 11.5. The number of hydrogen-bond acceptors (Lipinski definition) is 1. The molecule has 0 bridgehead atoms. The van der Waals surface area contributed by atoms with Gasteiger partial charge in [-0.3, -0.25) is 4.99 Å². The molecule has 5 N–H and O–H groups in total. The van der Waals surface area contributed by atoms with Crippen molar-refractivity contribution in [1.29, 1.82) is 0 Å². The van der Waals surface area contributed by atoms with Gasteiger partial charge in [0.05, 0.1) is 0 Å². The lowest BCUT2D eigenvalue weighted by Gasteiger charge is -1.98. The smallest absolute Gasteiger partial charge is 0.185 e. The van der Waals surface area contributed by atoms with E-state index in [9.17, 15) is 0 Å². The molecule has 0 unspecified atom stereocenters. The summed E-state index contributed by atoms with van der Waals surface area (Å²) < 4.78 is 0. The van der Waals surface area contributed by atoms with E-state index >= 15 is 0 Å². The quantitative estimate of drug-likeness (QED) is 0.534. The number of fused-ring (bicyclic) bond motifs is 1. The number of benzene rings is 1. The molecule has 0 amide bonds. The molecule has 84 valence electrons. The minimum atomic E-state index is 0.149. The van der Waals surface area contributed by atoms with Crippen LogP contribution in [0.4, 0.5) is 0 Å². The van der Waals surface area contributed by atoms with Gasteiger partial charge in [0, 0.05) is 23.6 Å². The Balaban J connectivity index is 2.25. The first kappa shape index (κ1) is 10.5. The third kappa shape index (κ3) is 2.00. The number of aromatic amines is 1. The van der Waals surface area contributed by atoms with Crippen LogP contribution in [-0.2, 0) is 6.42 Å². The number of nitrogens with one attached hydrogen (secondary N) is 1. The predicted molar refractivity (Wildman–Crippen MR) is 67.4 cm³/mol. The lowest BCUT2D eigenvalue weighted by molar-refractivity contribution is 0.969. The fraction of sp³-hybridized carbons (Fsp3) is 0.250. The summed E-state index contributed by atoms with van der Waals surface area (Å²) in [5.41, 5.74) is 14.3. The minimum Gasteiger partial charge on any atom is -0.370 e. The number of aryl methyl sites for hydroxylation is 1. The van der Waals surface area contributed by atoms with E-state index in [-0.39, 0.29) is 5.96 Å². The van der Waals surface area contributed by atoms with Crippen LogP contribution in [0.1, 0.15) is 11.1 Å². The van der Waals surface area contributed by atoms with Gasteiger partial charge in [-0.15, -0.1) is 0 Å². The number of para-hydroxylation sites is 1. The molecule has 0 fully saturated rings. The van der Waals surface area contributed by atoms with E-state index in [0.717, 1.165) is 6.42 Å². The van der Waals surface area contributed by atoms with Gasteiger partial charge in [-0.1, -0.05) is 18.2 Å². The van der Waals surface area contributed by atoms with Gasteiger partial charge in [0.15, 0.2) is 5.96 Å². The second-order valence-corrected chi connectivity index (χ2v) is 3.87. The molecule has 0 atom stereocenters. The van der Waals surface area contributed by atoms with E-state index in [1.54, 1.807) is 0 Å². The maximum Gasteiger partial charge on any atom is 0.185 e. The number of H-pyrrole nitrogens is 1. The Morgan fingerprint density at radius 2 is 2.19 bits per heavy atom. The van der Waals surface area contributed by atoms with Crippen LogP contribution in [0, 0.1) is 6.92 Å². The summed E-state index contributed by atoms with van der Waals surface area (Å²) in [7, 11) is 0. The van der Waals surface area contributed by atoms with E-state index in [4.69, 9.17) is 11.5 Å². The highest BCUT2D eigenvalue weighted by Crippen LogP contribution is 2.21. The van der Waals surface area contributed by atoms with Crippen molar-refractivity contribution in [2.24, 2.45) is 16.5 Å². The van der Waals surface area contributed by atoms with E-state index in [2.05, 4.69) is 35.1 Å². The summed E-state index contributed by atoms with van der Waals surface area (Å²) in [4.78, 5) is 7.27. The number of nitrogens with two attached hydrogens (primary N) is 2. The van der Waals surface area contributed by atoms with Gasteiger partial charge in [-0.25, -0.2) is 0 Å². The second kappa shape index (κ2) is 4.26. The summed E-state index contributed by atoms with van der Waals surface area (Å²) >= 11 is 0. The van der Waals surface area contributed by atoms with E-state index in [1.165, 1.54) is 22.0 Å². The van der Waals surface area contributed by atoms with Gasteiger partial charge in [0.1, 0.15) is 0 Å². The van der Waals surface area contributed by atoms with Crippen molar-refractivity contribution in [3.8, 4) is 0 Å². The largest absolute Gasteiger partial charge is 0.370 e. The average Bonchev–Trinajstić information content (AvgIpc) is 2.63. The van der Waals surface area contributed by atoms with Gasteiger partial charge in [-0.2, -0.15) is 0 Å². The molecule has 0 aliphatic carbocycles. The third-order valence-corrected chi connectivity index (χ3v) is 2.69. The van der Waals surface area contributed by atoms with Crippen LogP contribution in [0.15, 0.2) is 29.4 Å².